The predicted octanol–water partition coefficient (Wildman–Crippen LogP) is 3.91. The quantitative estimate of drug-likeness (QED) is 0.850. The van der Waals surface area contributed by atoms with Crippen LogP contribution in [0.3, 0.4) is 0 Å². The van der Waals surface area contributed by atoms with Crippen molar-refractivity contribution in [3.05, 3.63) is 22.4 Å². The number of likely N-dealkylation sites (tertiary alicyclic amines) is 1. The molecule has 2 nitrogen and oxygen atoms in total. The van der Waals surface area contributed by atoms with Crippen molar-refractivity contribution in [1.82, 2.24) is 10.2 Å². The van der Waals surface area contributed by atoms with Crippen LogP contribution >= 0.6 is 11.3 Å². The summed E-state index contributed by atoms with van der Waals surface area (Å²) in [7, 11) is 0. The molecule has 2 heterocycles. The highest BCUT2D eigenvalue weighted by Gasteiger charge is 2.25. The largest absolute Gasteiger partial charge is 0.307 e. The highest BCUT2D eigenvalue weighted by atomic mass is 32.1. The lowest BCUT2D eigenvalue weighted by atomic mass is 9.91. The average Bonchev–Trinajstić information content (AvgIpc) is 2.93. The van der Waals surface area contributed by atoms with Crippen molar-refractivity contribution in [2.45, 2.75) is 52.1 Å². The van der Waals surface area contributed by atoms with Crippen LogP contribution in [0, 0.1) is 5.92 Å². The highest BCUT2D eigenvalue weighted by Crippen LogP contribution is 2.24. The maximum absolute atomic E-state index is 3.80. The normalized spacial score (nSPS) is 24.3. The van der Waals surface area contributed by atoms with Gasteiger partial charge in [-0.15, -0.1) is 11.3 Å². The number of piperidine rings is 1. The van der Waals surface area contributed by atoms with E-state index in [1.165, 1.54) is 43.8 Å². The Morgan fingerprint density at radius 1 is 1.47 bits per heavy atom. The number of thiophene rings is 1. The van der Waals surface area contributed by atoms with E-state index in [1.807, 2.05) is 11.3 Å². The van der Waals surface area contributed by atoms with Crippen molar-refractivity contribution >= 4 is 11.3 Å². The molecule has 1 aliphatic rings. The second-order valence-electron chi connectivity index (χ2n) is 5.90. The minimum Gasteiger partial charge on any atom is -0.307 e. The van der Waals surface area contributed by atoms with Gasteiger partial charge in [-0.2, -0.15) is 0 Å². The van der Waals surface area contributed by atoms with Gasteiger partial charge in [-0.1, -0.05) is 13.0 Å². The Labute approximate surface area is 122 Å². The summed E-state index contributed by atoms with van der Waals surface area (Å²) >= 11 is 1.86. The molecule has 108 valence electrons. The van der Waals surface area contributed by atoms with Gasteiger partial charge in [0, 0.05) is 23.5 Å². The first kappa shape index (κ1) is 15.0. The summed E-state index contributed by atoms with van der Waals surface area (Å²) < 4.78 is 0. The molecule has 1 fully saturated rings. The second-order valence-corrected chi connectivity index (χ2v) is 6.87. The average molecular weight is 280 g/mol. The van der Waals surface area contributed by atoms with E-state index in [0.717, 1.165) is 5.92 Å². The molecule has 1 aromatic heterocycles. The van der Waals surface area contributed by atoms with Crippen LogP contribution in [0.4, 0.5) is 0 Å². The van der Waals surface area contributed by atoms with Gasteiger partial charge in [0.15, 0.2) is 0 Å². The monoisotopic (exact) mass is 280 g/mol. The zero-order chi connectivity index (χ0) is 13.7. The number of nitrogens with zero attached hydrogens (tertiary/aromatic N) is 1. The fraction of sp³-hybridized carbons (Fsp3) is 0.750. The summed E-state index contributed by atoms with van der Waals surface area (Å²) in [5.41, 5.74) is 0. The van der Waals surface area contributed by atoms with Gasteiger partial charge in [0.05, 0.1) is 0 Å². The standard InChI is InChI=1S/C16H28N2S/c1-4-9-18-10-5-7-15(12-18)13(2)17-14(3)16-8-6-11-19-16/h6,8,11,13-15,17H,4-5,7,9-10,12H2,1-3H3. The van der Waals surface area contributed by atoms with Gasteiger partial charge in [0.25, 0.3) is 0 Å². The molecule has 0 aromatic carbocycles. The van der Waals surface area contributed by atoms with Crippen molar-refractivity contribution in [3.8, 4) is 0 Å². The molecule has 2 rings (SSSR count). The Morgan fingerprint density at radius 2 is 2.32 bits per heavy atom. The van der Waals surface area contributed by atoms with Crippen molar-refractivity contribution in [3.63, 3.8) is 0 Å². The highest BCUT2D eigenvalue weighted by molar-refractivity contribution is 7.10. The van der Waals surface area contributed by atoms with Gasteiger partial charge < -0.3 is 10.2 Å². The minimum atomic E-state index is 0.483. The molecule has 0 spiro atoms. The van der Waals surface area contributed by atoms with E-state index >= 15 is 0 Å². The van der Waals surface area contributed by atoms with E-state index < -0.39 is 0 Å². The molecule has 0 aliphatic carbocycles. The van der Waals surface area contributed by atoms with Gasteiger partial charge in [-0.25, -0.2) is 0 Å². The molecule has 0 bridgehead atoms. The summed E-state index contributed by atoms with van der Waals surface area (Å²) in [5.74, 6) is 0.808. The Hall–Kier alpha value is -0.380. The van der Waals surface area contributed by atoms with Crippen molar-refractivity contribution in [2.24, 2.45) is 5.92 Å². The van der Waals surface area contributed by atoms with Gasteiger partial charge in [-0.05, 0) is 63.6 Å². The smallest absolute Gasteiger partial charge is 0.0388 e. The summed E-state index contributed by atoms with van der Waals surface area (Å²) in [5, 5.41) is 5.97. The van der Waals surface area contributed by atoms with E-state index in [9.17, 15) is 0 Å². The zero-order valence-electron chi connectivity index (χ0n) is 12.6. The topological polar surface area (TPSA) is 15.3 Å². The van der Waals surface area contributed by atoms with Crippen LogP contribution in [0.2, 0.25) is 0 Å². The maximum atomic E-state index is 3.80. The van der Waals surface area contributed by atoms with Crippen LogP contribution < -0.4 is 5.32 Å². The number of hydrogen-bond acceptors (Lipinski definition) is 3. The molecule has 3 atom stereocenters. The third kappa shape index (κ3) is 4.30. The van der Waals surface area contributed by atoms with Gasteiger partial charge >= 0.3 is 0 Å². The Balaban J connectivity index is 1.83. The SMILES string of the molecule is CCCN1CCCC(C(C)NC(C)c2cccs2)C1. The van der Waals surface area contributed by atoms with Crippen molar-refractivity contribution < 1.29 is 0 Å². The van der Waals surface area contributed by atoms with Crippen molar-refractivity contribution in [2.75, 3.05) is 19.6 Å². The van der Waals surface area contributed by atoms with Crippen LogP contribution in [0.15, 0.2) is 17.5 Å². The molecular formula is C16H28N2S. The molecular weight excluding hydrogens is 252 g/mol. The van der Waals surface area contributed by atoms with Gasteiger partial charge in [0.1, 0.15) is 0 Å². The molecule has 1 aromatic rings. The molecule has 0 saturated carbocycles. The first-order valence-electron chi connectivity index (χ1n) is 7.72. The van der Waals surface area contributed by atoms with Crippen LogP contribution in [0.25, 0.3) is 0 Å². The summed E-state index contributed by atoms with van der Waals surface area (Å²) in [6, 6.07) is 5.47. The lowest BCUT2D eigenvalue weighted by Crippen LogP contribution is -2.45. The fourth-order valence-corrected chi connectivity index (χ4v) is 3.91. The summed E-state index contributed by atoms with van der Waals surface area (Å²) in [6.45, 7) is 10.8. The van der Waals surface area contributed by atoms with Gasteiger partial charge in [0.2, 0.25) is 0 Å². The molecule has 0 radical (unpaired) electrons. The van der Waals surface area contributed by atoms with E-state index in [2.05, 4.69) is 48.5 Å². The first-order valence-corrected chi connectivity index (χ1v) is 8.60. The molecule has 3 heteroatoms. The third-order valence-electron chi connectivity index (χ3n) is 4.27. The van der Waals surface area contributed by atoms with E-state index in [0.29, 0.717) is 12.1 Å². The number of nitrogens with one attached hydrogen (secondary N) is 1. The summed E-state index contributed by atoms with van der Waals surface area (Å²) in [6.07, 6.45) is 4.02. The van der Waals surface area contributed by atoms with Crippen LogP contribution in [-0.4, -0.2) is 30.6 Å². The Morgan fingerprint density at radius 3 is 3.00 bits per heavy atom. The lowest BCUT2D eigenvalue weighted by Gasteiger charge is -2.37. The third-order valence-corrected chi connectivity index (χ3v) is 5.33. The molecule has 0 amide bonds. The zero-order valence-corrected chi connectivity index (χ0v) is 13.4. The minimum absolute atomic E-state index is 0.483. The lowest BCUT2D eigenvalue weighted by molar-refractivity contribution is 0.147. The fourth-order valence-electron chi connectivity index (χ4n) is 3.17. The Bertz CT molecular complexity index is 348. The Kier molecular flexibility index (Phi) is 5.86. The van der Waals surface area contributed by atoms with E-state index in [4.69, 9.17) is 0 Å². The van der Waals surface area contributed by atoms with E-state index in [-0.39, 0.29) is 0 Å². The number of hydrogen-bond donors (Lipinski definition) is 1. The van der Waals surface area contributed by atoms with Crippen LogP contribution in [0.5, 0.6) is 0 Å². The predicted molar refractivity (Wildman–Crippen MR) is 84.8 cm³/mol. The molecule has 1 saturated heterocycles. The van der Waals surface area contributed by atoms with Crippen LogP contribution in [-0.2, 0) is 0 Å². The second kappa shape index (κ2) is 7.41. The molecule has 19 heavy (non-hydrogen) atoms. The maximum Gasteiger partial charge on any atom is 0.0388 e. The summed E-state index contributed by atoms with van der Waals surface area (Å²) in [4.78, 5) is 4.09. The van der Waals surface area contributed by atoms with Crippen LogP contribution in [0.1, 0.15) is 51.0 Å². The molecule has 1 N–H and O–H groups in total. The molecule has 1 aliphatic heterocycles. The van der Waals surface area contributed by atoms with Gasteiger partial charge in [-0.3, -0.25) is 0 Å². The van der Waals surface area contributed by atoms with E-state index in [1.54, 1.807) is 0 Å². The first-order chi connectivity index (χ1) is 9.20. The molecule has 3 unspecified atom stereocenters. The number of rotatable bonds is 6. The van der Waals surface area contributed by atoms with Crippen molar-refractivity contribution in [1.29, 1.82) is 0 Å².